The molecule has 1 aliphatic rings. The van der Waals surface area contributed by atoms with Crippen molar-refractivity contribution in [2.45, 2.75) is 18.9 Å². The summed E-state index contributed by atoms with van der Waals surface area (Å²) < 4.78 is 5.02. The maximum absolute atomic E-state index is 6.15. The highest BCUT2D eigenvalue weighted by Crippen LogP contribution is 2.28. The number of anilines is 1. The summed E-state index contributed by atoms with van der Waals surface area (Å²) in [7, 11) is 1.71. The van der Waals surface area contributed by atoms with Gasteiger partial charge in [0.05, 0.1) is 12.8 Å². The monoisotopic (exact) mass is 270 g/mol. The van der Waals surface area contributed by atoms with Crippen LogP contribution in [0.1, 0.15) is 12.8 Å². The standard InChI is InChI=1S/C12H19ClN4O/c1-18-6-4-14-7-10-3-2-5-17(10)12-11(13)8-15-9-16-12/h8-10,14H,2-7H2,1H3. The molecule has 18 heavy (non-hydrogen) atoms. The molecule has 1 fully saturated rings. The van der Waals surface area contributed by atoms with Gasteiger partial charge in [-0.2, -0.15) is 0 Å². The van der Waals surface area contributed by atoms with Crippen LogP contribution in [0.3, 0.4) is 0 Å². The first-order chi connectivity index (χ1) is 8.83. The summed E-state index contributed by atoms with van der Waals surface area (Å²) in [5.74, 6) is 0.850. The van der Waals surface area contributed by atoms with E-state index in [1.807, 2.05) is 0 Å². The number of halogens is 1. The summed E-state index contributed by atoms with van der Waals surface area (Å²) in [6, 6.07) is 0.453. The van der Waals surface area contributed by atoms with Crippen molar-refractivity contribution in [1.29, 1.82) is 0 Å². The van der Waals surface area contributed by atoms with E-state index in [2.05, 4.69) is 20.2 Å². The highest BCUT2D eigenvalue weighted by molar-refractivity contribution is 6.32. The SMILES string of the molecule is COCCNCC1CCCN1c1ncncc1Cl. The highest BCUT2D eigenvalue weighted by Gasteiger charge is 2.26. The van der Waals surface area contributed by atoms with Crippen molar-refractivity contribution >= 4 is 17.4 Å². The predicted molar refractivity (Wildman–Crippen MR) is 72.2 cm³/mol. The first-order valence-electron chi connectivity index (χ1n) is 6.24. The van der Waals surface area contributed by atoms with Crippen LogP contribution in [0, 0.1) is 0 Å². The molecule has 1 aliphatic heterocycles. The quantitative estimate of drug-likeness (QED) is 0.791. The van der Waals surface area contributed by atoms with E-state index >= 15 is 0 Å². The minimum atomic E-state index is 0.453. The van der Waals surface area contributed by atoms with Gasteiger partial charge in [0, 0.05) is 32.8 Å². The molecule has 1 aromatic rings. The number of nitrogens with zero attached hydrogens (tertiary/aromatic N) is 3. The van der Waals surface area contributed by atoms with E-state index in [1.165, 1.54) is 12.8 Å². The smallest absolute Gasteiger partial charge is 0.151 e. The van der Waals surface area contributed by atoms with Crippen LogP contribution in [0.5, 0.6) is 0 Å². The Kier molecular flexibility index (Phi) is 5.16. The van der Waals surface area contributed by atoms with E-state index in [4.69, 9.17) is 16.3 Å². The van der Waals surface area contributed by atoms with Crippen LogP contribution in [0.2, 0.25) is 5.02 Å². The molecule has 1 aromatic heterocycles. The van der Waals surface area contributed by atoms with Crippen LogP contribution in [-0.2, 0) is 4.74 Å². The Hall–Kier alpha value is -0.910. The fourth-order valence-corrected chi connectivity index (χ4v) is 2.50. The Morgan fingerprint density at radius 1 is 1.61 bits per heavy atom. The second-order valence-electron chi connectivity index (χ2n) is 4.38. The molecule has 5 nitrogen and oxygen atoms in total. The molecule has 2 heterocycles. The molecule has 0 aromatic carbocycles. The molecule has 0 radical (unpaired) electrons. The second kappa shape index (κ2) is 6.87. The van der Waals surface area contributed by atoms with E-state index < -0.39 is 0 Å². The lowest BCUT2D eigenvalue weighted by Crippen LogP contribution is -2.39. The molecule has 1 N–H and O–H groups in total. The van der Waals surface area contributed by atoms with Gasteiger partial charge in [-0.3, -0.25) is 0 Å². The van der Waals surface area contributed by atoms with Crippen molar-refractivity contribution in [3.05, 3.63) is 17.5 Å². The summed E-state index contributed by atoms with van der Waals surface area (Å²) in [6.45, 7) is 3.55. The summed E-state index contributed by atoms with van der Waals surface area (Å²) >= 11 is 6.15. The molecule has 1 saturated heterocycles. The zero-order valence-electron chi connectivity index (χ0n) is 10.6. The number of hydrogen-bond acceptors (Lipinski definition) is 5. The van der Waals surface area contributed by atoms with Crippen molar-refractivity contribution in [2.75, 3.05) is 38.3 Å². The van der Waals surface area contributed by atoms with E-state index in [1.54, 1.807) is 19.6 Å². The Balaban J connectivity index is 1.93. The summed E-state index contributed by atoms with van der Waals surface area (Å²) in [6.07, 6.45) is 5.55. The third kappa shape index (κ3) is 3.31. The Morgan fingerprint density at radius 3 is 3.28 bits per heavy atom. The highest BCUT2D eigenvalue weighted by atomic mass is 35.5. The maximum atomic E-state index is 6.15. The van der Waals surface area contributed by atoms with Gasteiger partial charge in [-0.25, -0.2) is 9.97 Å². The van der Waals surface area contributed by atoms with Crippen LogP contribution in [0.4, 0.5) is 5.82 Å². The molecule has 0 aliphatic carbocycles. The first-order valence-corrected chi connectivity index (χ1v) is 6.62. The average Bonchev–Trinajstić information content (AvgIpc) is 2.83. The van der Waals surface area contributed by atoms with Crippen LogP contribution in [0.25, 0.3) is 0 Å². The fraction of sp³-hybridized carbons (Fsp3) is 0.667. The number of nitrogens with one attached hydrogen (secondary N) is 1. The summed E-state index contributed by atoms with van der Waals surface area (Å²) in [5.41, 5.74) is 0. The largest absolute Gasteiger partial charge is 0.383 e. The molecule has 0 bridgehead atoms. The van der Waals surface area contributed by atoms with Gasteiger partial charge in [0.1, 0.15) is 11.3 Å². The summed E-state index contributed by atoms with van der Waals surface area (Å²) in [5, 5.41) is 4.02. The lowest BCUT2D eigenvalue weighted by molar-refractivity contribution is 0.199. The third-order valence-corrected chi connectivity index (χ3v) is 3.43. The van der Waals surface area contributed by atoms with Gasteiger partial charge in [-0.05, 0) is 12.8 Å². The van der Waals surface area contributed by atoms with Crippen LogP contribution >= 0.6 is 11.6 Å². The number of aromatic nitrogens is 2. The van der Waals surface area contributed by atoms with Gasteiger partial charge in [0.2, 0.25) is 0 Å². The Bertz CT molecular complexity index is 377. The summed E-state index contributed by atoms with van der Waals surface area (Å²) in [4.78, 5) is 10.5. The van der Waals surface area contributed by atoms with Crippen LogP contribution in [-0.4, -0.2) is 49.4 Å². The van der Waals surface area contributed by atoms with Crippen molar-refractivity contribution in [3.63, 3.8) is 0 Å². The lowest BCUT2D eigenvalue weighted by Gasteiger charge is -2.26. The molecule has 100 valence electrons. The van der Waals surface area contributed by atoms with E-state index in [9.17, 15) is 0 Å². The van der Waals surface area contributed by atoms with Gasteiger partial charge in [0.25, 0.3) is 0 Å². The van der Waals surface area contributed by atoms with Gasteiger partial charge in [-0.15, -0.1) is 0 Å². The Morgan fingerprint density at radius 2 is 2.50 bits per heavy atom. The molecular formula is C12H19ClN4O. The number of rotatable bonds is 6. The van der Waals surface area contributed by atoms with Gasteiger partial charge in [-0.1, -0.05) is 11.6 Å². The van der Waals surface area contributed by atoms with E-state index in [-0.39, 0.29) is 0 Å². The van der Waals surface area contributed by atoms with E-state index in [0.717, 1.165) is 32.1 Å². The second-order valence-corrected chi connectivity index (χ2v) is 4.79. The molecule has 1 unspecified atom stereocenters. The van der Waals surface area contributed by atoms with Crippen LogP contribution in [0.15, 0.2) is 12.5 Å². The minimum Gasteiger partial charge on any atom is -0.383 e. The molecule has 1 atom stereocenters. The minimum absolute atomic E-state index is 0.453. The predicted octanol–water partition coefficient (Wildman–Crippen LogP) is 1.33. The fourth-order valence-electron chi connectivity index (χ4n) is 2.29. The zero-order valence-corrected chi connectivity index (χ0v) is 11.4. The number of ether oxygens (including phenoxy) is 1. The third-order valence-electron chi connectivity index (χ3n) is 3.16. The van der Waals surface area contributed by atoms with Gasteiger partial charge >= 0.3 is 0 Å². The normalized spacial score (nSPS) is 19.4. The topological polar surface area (TPSA) is 50.3 Å². The van der Waals surface area contributed by atoms with Crippen molar-refractivity contribution in [1.82, 2.24) is 15.3 Å². The molecule has 0 saturated carbocycles. The van der Waals surface area contributed by atoms with Crippen molar-refractivity contribution in [3.8, 4) is 0 Å². The molecule has 0 spiro atoms. The van der Waals surface area contributed by atoms with Gasteiger partial charge in [0.15, 0.2) is 5.82 Å². The molecule has 0 amide bonds. The maximum Gasteiger partial charge on any atom is 0.151 e. The van der Waals surface area contributed by atoms with Crippen LogP contribution < -0.4 is 10.2 Å². The zero-order chi connectivity index (χ0) is 12.8. The first kappa shape index (κ1) is 13.5. The van der Waals surface area contributed by atoms with Crippen molar-refractivity contribution < 1.29 is 4.74 Å². The number of methoxy groups -OCH3 is 1. The molecule has 2 rings (SSSR count). The lowest BCUT2D eigenvalue weighted by atomic mass is 10.2. The number of hydrogen-bond donors (Lipinski definition) is 1. The average molecular weight is 271 g/mol. The van der Waals surface area contributed by atoms with E-state index in [0.29, 0.717) is 11.1 Å². The Labute approximate surface area is 113 Å². The van der Waals surface area contributed by atoms with Gasteiger partial charge < -0.3 is 15.0 Å². The molecule has 6 heteroatoms. The van der Waals surface area contributed by atoms with Crippen molar-refractivity contribution in [2.24, 2.45) is 0 Å². The molecular weight excluding hydrogens is 252 g/mol.